The van der Waals surface area contributed by atoms with Gasteiger partial charge >= 0.3 is 5.97 Å². The van der Waals surface area contributed by atoms with Gasteiger partial charge in [0.05, 0.1) is 11.8 Å². The van der Waals surface area contributed by atoms with Crippen LogP contribution in [0, 0.1) is 0 Å². The summed E-state index contributed by atoms with van der Waals surface area (Å²) in [7, 11) is -3.39. The molecule has 0 bridgehead atoms. The van der Waals surface area contributed by atoms with E-state index in [1.54, 1.807) is 36.4 Å². The molecule has 0 aliphatic heterocycles. The minimum absolute atomic E-state index is 0.156. The summed E-state index contributed by atoms with van der Waals surface area (Å²) < 4.78 is 30.6. The zero-order valence-corrected chi connectivity index (χ0v) is 13.8. The van der Waals surface area contributed by atoms with Gasteiger partial charge in [0.25, 0.3) is 0 Å². The number of carbonyl (C=O) groups is 1. The summed E-state index contributed by atoms with van der Waals surface area (Å²) in [4.78, 5) is 10.9. The van der Waals surface area contributed by atoms with Crippen LogP contribution in [0.4, 0.5) is 5.69 Å². The predicted octanol–water partition coefficient (Wildman–Crippen LogP) is 2.47. The molecule has 2 aromatic carbocycles. The van der Waals surface area contributed by atoms with Crippen molar-refractivity contribution in [2.24, 2.45) is 0 Å². The highest BCUT2D eigenvalue weighted by atomic mass is 32.2. The first kappa shape index (κ1) is 16.7. The monoisotopic (exact) mass is 359 g/mol. The molecule has 0 saturated heterocycles. The van der Waals surface area contributed by atoms with Crippen molar-refractivity contribution in [3.05, 3.63) is 54.1 Å². The number of sulfonamides is 1. The SMILES string of the molecule is CS(=O)(=O)Nc1cccc(-c2nnc(-c3ccc(C(=O)O)cc3)o2)c1. The number of nitrogens with one attached hydrogen (secondary N) is 1. The summed E-state index contributed by atoms with van der Waals surface area (Å²) in [6, 6.07) is 12.6. The van der Waals surface area contributed by atoms with Crippen molar-refractivity contribution in [3.63, 3.8) is 0 Å². The molecule has 0 saturated carbocycles. The summed E-state index contributed by atoms with van der Waals surface area (Å²) in [5.74, 6) is -0.573. The minimum Gasteiger partial charge on any atom is -0.478 e. The van der Waals surface area contributed by atoms with Crippen molar-refractivity contribution >= 4 is 21.7 Å². The number of carboxylic acid groups (broad SMARTS) is 1. The van der Waals surface area contributed by atoms with Gasteiger partial charge in [0.2, 0.25) is 21.8 Å². The third-order valence-corrected chi connectivity index (χ3v) is 3.82. The van der Waals surface area contributed by atoms with Gasteiger partial charge in [-0.25, -0.2) is 13.2 Å². The number of aromatic carboxylic acids is 1. The highest BCUT2D eigenvalue weighted by Crippen LogP contribution is 2.26. The zero-order valence-electron chi connectivity index (χ0n) is 13.0. The first-order chi connectivity index (χ1) is 11.8. The lowest BCUT2D eigenvalue weighted by molar-refractivity contribution is 0.0697. The van der Waals surface area contributed by atoms with Crippen LogP contribution in [0.1, 0.15) is 10.4 Å². The van der Waals surface area contributed by atoms with E-state index in [0.717, 1.165) is 6.26 Å². The van der Waals surface area contributed by atoms with Gasteiger partial charge in [0, 0.05) is 16.8 Å². The molecular weight excluding hydrogens is 346 g/mol. The second-order valence-corrected chi connectivity index (χ2v) is 7.00. The minimum atomic E-state index is -3.39. The van der Waals surface area contributed by atoms with Crippen LogP contribution in [-0.2, 0) is 10.0 Å². The highest BCUT2D eigenvalue weighted by molar-refractivity contribution is 7.92. The van der Waals surface area contributed by atoms with Crippen molar-refractivity contribution in [2.45, 2.75) is 0 Å². The number of benzene rings is 2. The Kier molecular flexibility index (Phi) is 4.24. The van der Waals surface area contributed by atoms with Crippen LogP contribution >= 0.6 is 0 Å². The zero-order chi connectivity index (χ0) is 18.0. The lowest BCUT2D eigenvalue weighted by atomic mass is 10.1. The van der Waals surface area contributed by atoms with E-state index in [-0.39, 0.29) is 17.3 Å². The molecule has 1 heterocycles. The van der Waals surface area contributed by atoms with E-state index in [9.17, 15) is 13.2 Å². The van der Waals surface area contributed by atoms with Gasteiger partial charge < -0.3 is 9.52 Å². The maximum Gasteiger partial charge on any atom is 0.335 e. The first-order valence-corrected chi connectivity index (χ1v) is 8.96. The van der Waals surface area contributed by atoms with Gasteiger partial charge in [-0.05, 0) is 42.5 Å². The van der Waals surface area contributed by atoms with E-state index >= 15 is 0 Å². The van der Waals surface area contributed by atoms with E-state index in [0.29, 0.717) is 16.8 Å². The molecule has 128 valence electrons. The van der Waals surface area contributed by atoms with Gasteiger partial charge in [-0.3, -0.25) is 4.72 Å². The van der Waals surface area contributed by atoms with Crippen LogP contribution in [0.2, 0.25) is 0 Å². The summed E-state index contributed by atoms with van der Waals surface area (Å²) >= 11 is 0. The van der Waals surface area contributed by atoms with Crippen molar-refractivity contribution in [3.8, 4) is 22.9 Å². The summed E-state index contributed by atoms with van der Waals surface area (Å²) in [5.41, 5.74) is 1.66. The maximum atomic E-state index is 11.3. The Morgan fingerprint density at radius 1 is 1.04 bits per heavy atom. The van der Waals surface area contributed by atoms with Crippen molar-refractivity contribution in [1.82, 2.24) is 10.2 Å². The van der Waals surface area contributed by atoms with Gasteiger partial charge in [-0.2, -0.15) is 0 Å². The number of carboxylic acids is 1. The lowest BCUT2D eigenvalue weighted by Gasteiger charge is -2.04. The number of nitrogens with zero attached hydrogens (tertiary/aromatic N) is 2. The van der Waals surface area contributed by atoms with Gasteiger partial charge in [-0.15, -0.1) is 10.2 Å². The smallest absolute Gasteiger partial charge is 0.335 e. The third kappa shape index (κ3) is 4.01. The Hall–Kier alpha value is -3.20. The van der Waals surface area contributed by atoms with E-state index in [1.807, 2.05) is 0 Å². The van der Waals surface area contributed by atoms with E-state index in [4.69, 9.17) is 9.52 Å². The Morgan fingerprint density at radius 3 is 2.28 bits per heavy atom. The number of hydrogen-bond acceptors (Lipinski definition) is 6. The highest BCUT2D eigenvalue weighted by Gasteiger charge is 2.12. The number of rotatable bonds is 5. The second-order valence-electron chi connectivity index (χ2n) is 5.25. The molecule has 0 unspecified atom stereocenters. The normalized spacial score (nSPS) is 11.2. The molecule has 0 spiro atoms. The van der Waals surface area contributed by atoms with Crippen LogP contribution in [0.3, 0.4) is 0 Å². The molecular formula is C16H13N3O5S. The molecule has 9 heteroatoms. The molecule has 0 aliphatic rings. The average Bonchev–Trinajstić information content (AvgIpc) is 3.03. The fourth-order valence-corrected chi connectivity index (χ4v) is 2.70. The Bertz CT molecular complexity index is 1030. The van der Waals surface area contributed by atoms with Crippen LogP contribution < -0.4 is 4.72 Å². The molecule has 0 atom stereocenters. The molecule has 1 aromatic heterocycles. The van der Waals surface area contributed by atoms with E-state index in [2.05, 4.69) is 14.9 Å². The number of hydrogen-bond donors (Lipinski definition) is 2. The quantitative estimate of drug-likeness (QED) is 0.717. The second kappa shape index (κ2) is 6.36. The lowest BCUT2D eigenvalue weighted by Crippen LogP contribution is -2.09. The topological polar surface area (TPSA) is 122 Å². The number of aromatic nitrogens is 2. The summed E-state index contributed by atoms with van der Waals surface area (Å²) in [5, 5.41) is 16.8. The largest absolute Gasteiger partial charge is 0.478 e. The predicted molar refractivity (Wildman–Crippen MR) is 90.6 cm³/mol. The van der Waals surface area contributed by atoms with Gasteiger partial charge in [0.1, 0.15) is 0 Å². The maximum absolute atomic E-state index is 11.3. The summed E-state index contributed by atoms with van der Waals surface area (Å²) in [6.07, 6.45) is 1.06. The first-order valence-electron chi connectivity index (χ1n) is 7.07. The average molecular weight is 359 g/mol. The number of anilines is 1. The molecule has 3 aromatic rings. The fourth-order valence-electron chi connectivity index (χ4n) is 2.14. The van der Waals surface area contributed by atoms with Crippen molar-refractivity contribution in [1.29, 1.82) is 0 Å². The molecule has 2 N–H and O–H groups in total. The van der Waals surface area contributed by atoms with Crippen LogP contribution in [0.25, 0.3) is 22.9 Å². The Morgan fingerprint density at radius 2 is 1.68 bits per heavy atom. The molecule has 0 fully saturated rings. The molecule has 8 nitrogen and oxygen atoms in total. The van der Waals surface area contributed by atoms with E-state index in [1.165, 1.54) is 12.1 Å². The summed E-state index contributed by atoms with van der Waals surface area (Å²) in [6.45, 7) is 0. The van der Waals surface area contributed by atoms with Crippen molar-refractivity contribution in [2.75, 3.05) is 11.0 Å². The van der Waals surface area contributed by atoms with Crippen LogP contribution in [0.15, 0.2) is 52.9 Å². The molecule has 3 rings (SSSR count). The van der Waals surface area contributed by atoms with Gasteiger partial charge in [0.15, 0.2) is 0 Å². The molecule has 25 heavy (non-hydrogen) atoms. The molecule has 0 amide bonds. The van der Waals surface area contributed by atoms with E-state index < -0.39 is 16.0 Å². The third-order valence-electron chi connectivity index (χ3n) is 3.22. The molecule has 0 aliphatic carbocycles. The van der Waals surface area contributed by atoms with Crippen LogP contribution in [0.5, 0.6) is 0 Å². The standard InChI is InChI=1S/C16H13N3O5S/c1-25(22,23)19-13-4-2-3-12(9-13)15-18-17-14(24-15)10-5-7-11(8-6-10)16(20)21/h2-9,19H,1H3,(H,20,21). The Balaban J connectivity index is 1.88. The van der Waals surface area contributed by atoms with Crippen molar-refractivity contribution < 1.29 is 22.7 Å². The molecule has 0 radical (unpaired) electrons. The Labute approximate surface area is 143 Å². The fraction of sp³-hybridized carbons (Fsp3) is 0.0625. The van der Waals surface area contributed by atoms with Crippen LogP contribution in [-0.4, -0.2) is 35.9 Å². The van der Waals surface area contributed by atoms with Gasteiger partial charge in [-0.1, -0.05) is 6.07 Å².